The van der Waals surface area contributed by atoms with Gasteiger partial charge in [-0.15, -0.1) is 0 Å². The van der Waals surface area contributed by atoms with E-state index < -0.39 is 12.1 Å². The molecule has 0 aliphatic rings. The largest absolute Gasteiger partial charge is 0.481 e. The maximum Gasteiger partial charge on any atom is 0.306 e. The third-order valence-corrected chi connectivity index (χ3v) is 1.39. The van der Waals surface area contributed by atoms with E-state index in [0.717, 1.165) is 0 Å². The van der Waals surface area contributed by atoms with Crippen LogP contribution in [0.15, 0.2) is 18.7 Å². The number of carboxylic acid groups (broad SMARTS) is 1. The molecule has 1 unspecified atom stereocenters. The van der Waals surface area contributed by atoms with Crippen LogP contribution in [0.2, 0.25) is 0 Å². The molecule has 0 aliphatic carbocycles. The lowest BCUT2D eigenvalue weighted by atomic mass is 10.2. The van der Waals surface area contributed by atoms with Gasteiger partial charge in [0.1, 0.15) is 0 Å². The SMILES string of the molecule is O=C(O)CC(O)Cn1ccnc1. The van der Waals surface area contributed by atoms with Crippen LogP contribution in [-0.2, 0) is 11.3 Å². The van der Waals surface area contributed by atoms with Crippen molar-refractivity contribution in [2.75, 3.05) is 0 Å². The summed E-state index contributed by atoms with van der Waals surface area (Å²) in [4.78, 5) is 13.9. The van der Waals surface area contributed by atoms with Crippen molar-refractivity contribution in [1.29, 1.82) is 0 Å². The lowest BCUT2D eigenvalue weighted by molar-refractivity contribution is -0.139. The Morgan fingerprint density at radius 2 is 2.42 bits per heavy atom. The highest BCUT2D eigenvalue weighted by Gasteiger charge is 2.09. The van der Waals surface area contributed by atoms with Crippen LogP contribution in [0.1, 0.15) is 6.42 Å². The van der Waals surface area contributed by atoms with Crippen LogP contribution in [0.4, 0.5) is 0 Å². The summed E-state index contributed by atoms with van der Waals surface area (Å²) in [5.74, 6) is -0.998. The second kappa shape index (κ2) is 3.87. The number of nitrogens with zero attached hydrogens (tertiary/aromatic N) is 2. The fourth-order valence-electron chi connectivity index (χ4n) is 0.904. The number of aliphatic carboxylic acids is 1. The van der Waals surface area contributed by atoms with E-state index in [-0.39, 0.29) is 13.0 Å². The van der Waals surface area contributed by atoms with Gasteiger partial charge in [-0.05, 0) is 0 Å². The topological polar surface area (TPSA) is 75.3 Å². The molecular weight excluding hydrogens is 160 g/mol. The van der Waals surface area contributed by atoms with Crippen molar-refractivity contribution in [3.63, 3.8) is 0 Å². The van der Waals surface area contributed by atoms with Gasteiger partial charge in [-0.1, -0.05) is 0 Å². The van der Waals surface area contributed by atoms with Crippen molar-refractivity contribution in [3.8, 4) is 0 Å². The highest BCUT2D eigenvalue weighted by atomic mass is 16.4. The van der Waals surface area contributed by atoms with E-state index in [0.29, 0.717) is 0 Å². The molecule has 2 N–H and O–H groups in total. The fraction of sp³-hybridized carbons (Fsp3) is 0.429. The van der Waals surface area contributed by atoms with Gasteiger partial charge < -0.3 is 14.8 Å². The van der Waals surface area contributed by atoms with Crippen LogP contribution < -0.4 is 0 Å². The standard InChI is InChI=1S/C7H10N2O3/c10-6(3-7(11)12)4-9-2-1-8-5-9/h1-2,5-6,10H,3-4H2,(H,11,12). The summed E-state index contributed by atoms with van der Waals surface area (Å²) in [6, 6.07) is 0. The third kappa shape index (κ3) is 2.71. The predicted molar refractivity (Wildman–Crippen MR) is 40.5 cm³/mol. The Balaban J connectivity index is 2.36. The molecule has 0 radical (unpaired) electrons. The van der Waals surface area contributed by atoms with Crippen molar-refractivity contribution in [2.24, 2.45) is 0 Å². The Kier molecular flexibility index (Phi) is 2.82. The first-order chi connectivity index (χ1) is 5.68. The van der Waals surface area contributed by atoms with Gasteiger partial charge in [0.05, 0.1) is 25.4 Å². The van der Waals surface area contributed by atoms with Gasteiger partial charge in [0.2, 0.25) is 0 Å². The van der Waals surface area contributed by atoms with Crippen LogP contribution in [0.3, 0.4) is 0 Å². The molecule has 0 saturated carbocycles. The quantitative estimate of drug-likeness (QED) is 0.651. The van der Waals surface area contributed by atoms with Gasteiger partial charge in [0, 0.05) is 12.4 Å². The highest BCUT2D eigenvalue weighted by Crippen LogP contribution is 1.96. The van der Waals surface area contributed by atoms with E-state index in [1.165, 1.54) is 6.33 Å². The van der Waals surface area contributed by atoms with E-state index in [4.69, 9.17) is 10.2 Å². The van der Waals surface area contributed by atoms with E-state index >= 15 is 0 Å². The molecule has 1 aromatic rings. The van der Waals surface area contributed by atoms with Crippen LogP contribution in [0.25, 0.3) is 0 Å². The van der Waals surface area contributed by atoms with E-state index in [1.807, 2.05) is 0 Å². The molecule has 0 aromatic carbocycles. The van der Waals surface area contributed by atoms with Crippen molar-refractivity contribution in [2.45, 2.75) is 19.1 Å². The van der Waals surface area contributed by atoms with Crippen molar-refractivity contribution >= 4 is 5.97 Å². The summed E-state index contributed by atoms with van der Waals surface area (Å²) in [6.45, 7) is 0.270. The van der Waals surface area contributed by atoms with Crippen LogP contribution >= 0.6 is 0 Å². The van der Waals surface area contributed by atoms with Crippen molar-refractivity contribution < 1.29 is 15.0 Å². The van der Waals surface area contributed by atoms with Crippen LogP contribution in [0.5, 0.6) is 0 Å². The lowest BCUT2D eigenvalue weighted by Crippen LogP contribution is -2.18. The minimum atomic E-state index is -0.998. The number of hydrogen-bond acceptors (Lipinski definition) is 3. The molecule has 1 heterocycles. The van der Waals surface area contributed by atoms with Gasteiger partial charge in [-0.25, -0.2) is 4.98 Å². The lowest BCUT2D eigenvalue weighted by Gasteiger charge is -2.07. The van der Waals surface area contributed by atoms with Gasteiger partial charge in [-0.3, -0.25) is 4.79 Å². The van der Waals surface area contributed by atoms with E-state index in [2.05, 4.69) is 4.98 Å². The second-order valence-corrected chi connectivity index (χ2v) is 2.51. The van der Waals surface area contributed by atoms with Crippen molar-refractivity contribution in [1.82, 2.24) is 9.55 Å². The molecule has 1 aromatic heterocycles. The van der Waals surface area contributed by atoms with E-state index in [9.17, 15) is 4.79 Å². The molecule has 1 atom stereocenters. The van der Waals surface area contributed by atoms with Crippen molar-refractivity contribution in [3.05, 3.63) is 18.7 Å². The minimum Gasteiger partial charge on any atom is -0.481 e. The van der Waals surface area contributed by atoms with Gasteiger partial charge in [0.25, 0.3) is 0 Å². The average molecular weight is 170 g/mol. The number of aliphatic hydroxyl groups excluding tert-OH is 1. The zero-order chi connectivity index (χ0) is 8.97. The fourth-order valence-corrected chi connectivity index (χ4v) is 0.904. The molecule has 0 spiro atoms. The minimum absolute atomic E-state index is 0.238. The molecule has 0 bridgehead atoms. The number of imidazole rings is 1. The molecule has 1 rings (SSSR count). The van der Waals surface area contributed by atoms with Crippen LogP contribution in [-0.4, -0.2) is 31.8 Å². The Morgan fingerprint density at radius 1 is 1.67 bits per heavy atom. The Morgan fingerprint density at radius 3 is 2.92 bits per heavy atom. The Bertz CT molecular complexity index is 245. The highest BCUT2D eigenvalue weighted by molar-refractivity contribution is 5.67. The third-order valence-electron chi connectivity index (χ3n) is 1.39. The molecule has 5 heteroatoms. The maximum atomic E-state index is 10.2. The molecule has 0 amide bonds. The molecule has 12 heavy (non-hydrogen) atoms. The van der Waals surface area contributed by atoms with Gasteiger partial charge >= 0.3 is 5.97 Å². The first-order valence-corrected chi connectivity index (χ1v) is 3.54. The van der Waals surface area contributed by atoms with Crippen LogP contribution in [0, 0.1) is 0 Å². The number of carbonyl (C=O) groups is 1. The summed E-state index contributed by atoms with van der Waals surface area (Å²) in [6.07, 6.45) is 3.69. The zero-order valence-corrected chi connectivity index (χ0v) is 6.42. The summed E-state index contributed by atoms with van der Waals surface area (Å²) >= 11 is 0. The number of rotatable bonds is 4. The Labute approximate surface area is 69.3 Å². The second-order valence-electron chi connectivity index (χ2n) is 2.51. The predicted octanol–water partition coefficient (Wildman–Crippen LogP) is -0.281. The van der Waals surface area contributed by atoms with Gasteiger partial charge in [0.15, 0.2) is 0 Å². The average Bonchev–Trinajstić information content (AvgIpc) is 2.37. The van der Waals surface area contributed by atoms with Gasteiger partial charge in [-0.2, -0.15) is 0 Å². The number of aliphatic hydroxyl groups is 1. The summed E-state index contributed by atoms with van der Waals surface area (Å²) < 4.78 is 1.63. The molecular formula is C7H10N2O3. The number of carboxylic acids is 1. The molecule has 0 fully saturated rings. The normalized spacial score (nSPS) is 12.8. The summed E-state index contributed by atoms with van der Waals surface area (Å²) in [5, 5.41) is 17.5. The summed E-state index contributed by atoms with van der Waals surface area (Å²) in [5.41, 5.74) is 0. The molecule has 0 aliphatic heterocycles. The van der Waals surface area contributed by atoms with E-state index in [1.54, 1.807) is 17.0 Å². The first-order valence-electron chi connectivity index (χ1n) is 3.54. The molecule has 5 nitrogen and oxygen atoms in total. The zero-order valence-electron chi connectivity index (χ0n) is 6.42. The summed E-state index contributed by atoms with van der Waals surface area (Å²) in [7, 11) is 0. The number of hydrogen-bond donors (Lipinski definition) is 2. The first kappa shape index (κ1) is 8.73. The maximum absolute atomic E-state index is 10.2. The Hall–Kier alpha value is -1.36. The molecule has 0 saturated heterocycles. The monoisotopic (exact) mass is 170 g/mol. The number of aromatic nitrogens is 2. The smallest absolute Gasteiger partial charge is 0.306 e. The molecule has 66 valence electrons.